The van der Waals surface area contributed by atoms with Gasteiger partial charge in [-0.3, -0.25) is 4.79 Å². The molecule has 0 heterocycles. The van der Waals surface area contributed by atoms with Crippen LogP contribution in [0.15, 0.2) is 12.2 Å². The van der Waals surface area contributed by atoms with Gasteiger partial charge in [-0.1, -0.05) is 60.5 Å². The molecule has 0 bridgehead atoms. The van der Waals surface area contributed by atoms with Crippen molar-refractivity contribution >= 4 is 5.78 Å². The number of carbonyl (C=O) groups is 1. The van der Waals surface area contributed by atoms with Crippen LogP contribution in [0.3, 0.4) is 0 Å². The van der Waals surface area contributed by atoms with E-state index in [1.165, 1.54) is 6.42 Å². The normalized spacial score (nSPS) is 35.1. The van der Waals surface area contributed by atoms with Crippen molar-refractivity contribution in [1.29, 1.82) is 0 Å². The number of allylic oxidation sites excluding steroid dienone is 2. The lowest BCUT2D eigenvalue weighted by molar-refractivity contribution is -0.130. The summed E-state index contributed by atoms with van der Waals surface area (Å²) in [6.07, 6.45) is 6.23. The minimum absolute atomic E-state index is 0.168. The first-order chi connectivity index (χ1) is 7.30. The van der Waals surface area contributed by atoms with Crippen LogP contribution in [0.2, 0.25) is 0 Å². The molecule has 0 aromatic rings. The lowest BCUT2D eigenvalue weighted by atomic mass is 9.54. The van der Waals surface area contributed by atoms with Crippen LogP contribution in [0, 0.1) is 22.7 Å². The summed E-state index contributed by atoms with van der Waals surface area (Å²) in [4.78, 5) is 12.0. The monoisotopic (exact) mass is 222 g/mol. The zero-order valence-corrected chi connectivity index (χ0v) is 11.6. The first kappa shape index (κ1) is 13.5. The van der Waals surface area contributed by atoms with Crippen LogP contribution >= 0.6 is 0 Å². The van der Waals surface area contributed by atoms with Gasteiger partial charge in [0.25, 0.3) is 0 Å². The highest BCUT2D eigenvalue weighted by Gasteiger charge is 2.48. The van der Waals surface area contributed by atoms with Gasteiger partial charge in [0.05, 0.1) is 0 Å². The molecule has 1 aliphatic rings. The van der Waals surface area contributed by atoms with Crippen molar-refractivity contribution < 1.29 is 4.79 Å². The average Bonchev–Trinajstić information content (AvgIpc) is 2.23. The molecule has 0 aliphatic heterocycles. The minimum atomic E-state index is -0.207. The van der Waals surface area contributed by atoms with Gasteiger partial charge in [0, 0.05) is 5.41 Å². The van der Waals surface area contributed by atoms with E-state index in [1.807, 2.05) is 6.08 Å². The number of hydrogen-bond donors (Lipinski definition) is 0. The molecule has 1 heteroatoms. The van der Waals surface area contributed by atoms with Gasteiger partial charge >= 0.3 is 0 Å². The molecule has 3 atom stereocenters. The molecule has 0 aromatic carbocycles. The van der Waals surface area contributed by atoms with Crippen LogP contribution in [0.1, 0.15) is 54.4 Å². The summed E-state index contributed by atoms with van der Waals surface area (Å²) >= 11 is 0. The Kier molecular flexibility index (Phi) is 3.66. The zero-order chi connectivity index (χ0) is 12.6. The van der Waals surface area contributed by atoms with E-state index in [0.29, 0.717) is 17.6 Å². The molecule has 92 valence electrons. The Labute approximate surface area is 100 Å². The SMILES string of the molecule is CCC(C)C1(C)C=CC(=O)C(C)(C)C1CC. The molecule has 16 heavy (non-hydrogen) atoms. The molecule has 1 nitrogen and oxygen atoms in total. The Morgan fingerprint density at radius 3 is 2.31 bits per heavy atom. The van der Waals surface area contributed by atoms with E-state index in [2.05, 4.69) is 47.6 Å². The average molecular weight is 222 g/mol. The third-order valence-corrected chi connectivity index (χ3v) is 4.93. The molecule has 3 unspecified atom stereocenters. The second-order valence-electron chi connectivity index (χ2n) is 6.06. The molecule has 0 aromatic heterocycles. The van der Waals surface area contributed by atoms with Crippen LogP contribution in [0.25, 0.3) is 0 Å². The molecule has 1 aliphatic carbocycles. The molecule has 0 spiro atoms. The Balaban J connectivity index is 3.21. The van der Waals surface area contributed by atoms with Crippen molar-refractivity contribution in [1.82, 2.24) is 0 Å². The van der Waals surface area contributed by atoms with Crippen LogP contribution in [-0.2, 0) is 4.79 Å². The fourth-order valence-corrected chi connectivity index (χ4v) is 3.43. The Hall–Kier alpha value is -0.590. The maximum Gasteiger partial charge on any atom is 0.161 e. The predicted octanol–water partition coefficient (Wildman–Crippen LogP) is 4.23. The molecule has 0 amide bonds. The number of carbonyl (C=O) groups excluding carboxylic acids is 1. The van der Waals surface area contributed by atoms with Gasteiger partial charge in [-0.15, -0.1) is 0 Å². The van der Waals surface area contributed by atoms with E-state index < -0.39 is 0 Å². The number of rotatable bonds is 3. The van der Waals surface area contributed by atoms with Gasteiger partial charge in [-0.25, -0.2) is 0 Å². The van der Waals surface area contributed by atoms with E-state index in [-0.39, 0.29) is 10.8 Å². The first-order valence-electron chi connectivity index (χ1n) is 6.54. The van der Waals surface area contributed by atoms with Crippen LogP contribution in [0.5, 0.6) is 0 Å². The quantitative estimate of drug-likeness (QED) is 0.698. The summed E-state index contributed by atoms with van der Waals surface area (Å²) in [6.45, 7) is 13.3. The number of ketones is 1. The van der Waals surface area contributed by atoms with Crippen molar-refractivity contribution in [3.05, 3.63) is 12.2 Å². The third kappa shape index (κ3) is 1.85. The van der Waals surface area contributed by atoms with Crippen LogP contribution in [-0.4, -0.2) is 5.78 Å². The van der Waals surface area contributed by atoms with Gasteiger partial charge in [-0.2, -0.15) is 0 Å². The van der Waals surface area contributed by atoms with Crippen molar-refractivity contribution in [3.8, 4) is 0 Å². The summed E-state index contributed by atoms with van der Waals surface area (Å²) in [5, 5.41) is 0. The molecule has 1 rings (SSSR count). The van der Waals surface area contributed by atoms with E-state index in [4.69, 9.17) is 0 Å². The largest absolute Gasteiger partial charge is 0.294 e. The first-order valence-corrected chi connectivity index (χ1v) is 6.54. The summed E-state index contributed by atoms with van der Waals surface area (Å²) in [6, 6.07) is 0. The van der Waals surface area contributed by atoms with Crippen molar-refractivity contribution in [2.24, 2.45) is 22.7 Å². The molecule has 0 saturated carbocycles. The second-order valence-corrected chi connectivity index (χ2v) is 6.06. The smallest absolute Gasteiger partial charge is 0.161 e. The summed E-state index contributed by atoms with van der Waals surface area (Å²) < 4.78 is 0. The van der Waals surface area contributed by atoms with Crippen molar-refractivity contribution in [3.63, 3.8) is 0 Å². The van der Waals surface area contributed by atoms with E-state index in [1.54, 1.807) is 0 Å². The van der Waals surface area contributed by atoms with Crippen molar-refractivity contribution in [2.45, 2.75) is 54.4 Å². The Morgan fingerprint density at radius 1 is 1.31 bits per heavy atom. The molecular weight excluding hydrogens is 196 g/mol. The molecular formula is C15H26O. The fourth-order valence-electron chi connectivity index (χ4n) is 3.43. The van der Waals surface area contributed by atoms with Gasteiger partial charge in [0.1, 0.15) is 0 Å². The summed E-state index contributed by atoms with van der Waals surface area (Å²) in [7, 11) is 0. The van der Waals surface area contributed by atoms with E-state index in [9.17, 15) is 4.79 Å². The lowest BCUT2D eigenvalue weighted by Crippen LogP contribution is -2.47. The van der Waals surface area contributed by atoms with Gasteiger partial charge < -0.3 is 0 Å². The van der Waals surface area contributed by atoms with E-state index in [0.717, 1.165) is 6.42 Å². The van der Waals surface area contributed by atoms with Gasteiger partial charge in [-0.05, 0) is 23.3 Å². The van der Waals surface area contributed by atoms with E-state index >= 15 is 0 Å². The standard InChI is InChI=1S/C15H26O/c1-7-11(3)15(6)10-9-13(16)14(4,5)12(15)8-2/h9-12H,7-8H2,1-6H3. The lowest BCUT2D eigenvalue weighted by Gasteiger charge is -2.49. The Bertz CT molecular complexity index is 301. The van der Waals surface area contributed by atoms with Gasteiger partial charge in [0.2, 0.25) is 0 Å². The molecule has 0 N–H and O–H groups in total. The third-order valence-electron chi connectivity index (χ3n) is 4.93. The zero-order valence-electron chi connectivity index (χ0n) is 11.6. The van der Waals surface area contributed by atoms with Crippen LogP contribution < -0.4 is 0 Å². The highest BCUT2D eigenvalue weighted by atomic mass is 16.1. The Morgan fingerprint density at radius 2 is 1.88 bits per heavy atom. The van der Waals surface area contributed by atoms with Crippen molar-refractivity contribution in [2.75, 3.05) is 0 Å². The van der Waals surface area contributed by atoms with Gasteiger partial charge in [0.15, 0.2) is 5.78 Å². The summed E-state index contributed by atoms with van der Waals surface area (Å²) in [5.41, 5.74) is -0.0391. The highest BCUT2D eigenvalue weighted by molar-refractivity contribution is 5.95. The maximum absolute atomic E-state index is 12.0. The topological polar surface area (TPSA) is 17.1 Å². The molecule has 0 radical (unpaired) electrons. The fraction of sp³-hybridized carbons (Fsp3) is 0.800. The minimum Gasteiger partial charge on any atom is -0.294 e. The highest BCUT2D eigenvalue weighted by Crippen LogP contribution is 2.52. The second kappa shape index (κ2) is 4.35. The molecule has 0 fully saturated rings. The summed E-state index contributed by atoms with van der Waals surface area (Å²) in [5.74, 6) is 1.37. The predicted molar refractivity (Wildman–Crippen MR) is 69.3 cm³/mol. The number of hydrogen-bond acceptors (Lipinski definition) is 1. The maximum atomic E-state index is 12.0. The van der Waals surface area contributed by atoms with Crippen LogP contribution in [0.4, 0.5) is 0 Å². The molecule has 0 saturated heterocycles.